The summed E-state index contributed by atoms with van der Waals surface area (Å²) in [6.45, 7) is 7.25. The third kappa shape index (κ3) is 2.80. The van der Waals surface area contributed by atoms with Gasteiger partial charge in [-0.05, 0) is 31.5 Å². The molecule has 80 valence electrons. The molecule has 1 aromatic carbocycles. The number of hydrogen-bond acceptors (Lipinski definition) is 3. The summed E-state index contributed by atoms with van der Waals surface area (Å²) in [5, 5.41) is 10.7. The van der Waals surface area contributed by atoms with Crippen molar-refractivity contribution in [3.63, 3.8) is 0 Å². The van der Waals surface area contributed by atoms with Crippen molar-refractivity contribution < 1.29 is 9.66 Å². The summed E-state index contributed by atoms with van der Waals surface area (Å²) < 4.78 is 5.36. The molecule has 0 aliphatic carbocycles. The Balaban J connectivity index is 3.16. The molecular formula is C11H13NO3. The van der Waals surface area contributed by atoms with Crippen molar-refractivity contribution in [2.45, 2.75) is 20.0 Å². The van der Waals surface area contributed by atoms with Crippen molar-refractivity contribution in [3.8, 4) is 5.75 Å². The Morgan fingerprint density at radius 1 is 1.53 bits per heavy atom. The summed E-state index contributed by atoms with van der Waals surface area (Å²) in [6, 6.07) is 4.68. The zero-order valence-electron chi connectivity index (χ0n) is 8.77. The Morgan fingerprint density at radius 3 is 2.67 bits per heavy atom. The fourth-order valence-corrected chi connectivity index (χ4v) is 1.16. The molecule has 0 amide bonds. The Bertz CT molecular complexity index is 385. The first-order chi connectivity index (χ1) is 7.04. The first kappa shape index (κ1) is 11.2. The molecule has 0 radical (unpaired) electrons. The topological polar surface area (TPSA) is 52.4 Å². The van der Waals surface area contributed by atoms with E-state index < -0.39 is 4.92 Å². The Morgan fingerprint density at radius 2 is 2.20 bits per heavy atom. The minimum absolute atomic E-state index is 0.0192. The highest BCUT2D eigenvalue weighted by atomic mass is 16.6. The maximum absolute atomic E-state index is 10.7. The summed E-state index contributed by atoms with van der Waals surface area (Å²) in [7, 11) is 0. The molecule has 0 bridgehead atoms. The lowest BCUT2D eigenvalue weighted by molar-refractivity contribution is -0.386. The molecule has 1 rings (SSSR count). The van der Waals surface area contributed by atoms with Gasteiger partial charge in [-0.1, -0.05) is 12.7 Å². The van der Waals surface area contributed by atoms with Crippen LogP contribution >= 0.6 is 0 Å². The van der Waals surface area contributed by atoms with Gasteiger partial charge in [0.05, 0.1) is 11.0 Å². The van der Waals surface area contributed by atoms with Crippen LogP contribution in [0.3, 0.4) is 0 Å². The zero-order chi connectivity index (χ0) is 11.4. The van der Waals surface area contributed by atoms with Crippen molar-refractivity contribution in [1.29, 1.82) is 0 Å². The monoisotopic (exact) mass is 207 g/mol. The highest BCUT2D eigenvalue weighted by Crippen LogP contribution is 2.29. The third-order valence-corrected chi connectivity index (χ3v) is 1.78. The van der Waals surface area contributed by atoms with Gasteiger partial charge in [-0.15, -0.1) is 0 Å². The average Bonchev–Trinajstić information content (AvgIpc) is 2.16. The number of nitro groups is 1. The van der Waals surface area contributed by atoms with Crippen molar-refractivity contribution in [2.24, 2.45) is 0 Å². The molecule has 0 unspecified atom stereocenters. The molecule has 4 nitrogen and oxygen atoms in total. The van der Waals surface area contributed by atoms with E-state index in [1.165, 1.54) is 6.07 Å². The predicted octanol–water partition coefficient (Wildman–Crippen LogP) is 3.03. The van der Waals surface area contributed by atoms with E-state index >= 15 is 0 Å². The van der Waals surface area contributed by atoms with Crippen LogP contribution < -0.4 is 4.74 Å². The van der Waals surface area contributed by atoms with Gasteiger partial charge in [-0.3, -0.25) is 10.1 Å². The first-order valence-electron chi connectivity index (χ1n) is 4.62. The third-order valence-electron chi connectivity index (χ3n) is 1.78. The average molecular weight is 207 g/mol. The molecule has 0 atom stereocenters. The molecule has 15 heavy (non-hydrogen) atoms. The number of hydrogen-bond donors (Lipinski definition) is 0. The standard InChI is InChI=1S/C11H13NO3/c1-4-9-5-6-10(12(13)14)11(7-9)15-8(2)3/h4-8H,1H2,2-3H3. The highest BCUT2D eigenvalue weighted by molar-refractivity contribution is 5.57. The van der Waals surface area contributed by atoms with E-state index in [1.54, 1.807) is 18.2 Å². The van der Waals surface area contributed by atoms with Crippen LogP contribution in [0.2, 0.25) is 0 Å². The lowest BCUT2D eigenvalue weighted by atomic mass is 10.2. The fourth-order valence-electron chi connectivity index (χ4n) is 1.16. The van der Waals surface area contributed by atoms with Crippen molar-refractivity contribution >= 4 is 11.8 Å². The van der Waals surface area contributed by atoms with Crippen LogP contribution in [-0.4, -0.2) is 11.0 Å². The van der Waals surface area contributed by atoms with E-state index in [4.69, 9.17) is 4.74 Å². The Kier molecular flexibility index (Phi) is 3.44. The van der Waals surface area contributed by atoms with E-state index in [0.717, 1.165) is 5.56 Å². The second kappa shape index (κ2) is 4.59. The molecule has 0 heterocycles. The van der Waals surface area contributed by atoms with Gasteiger partial charge in [-0.25, -0.2) is 0 Å². The van der Waals surface area contributed by atoms with Crippen LogP contribution in [0.5, 0.6) is 5.75 Å². The summed E-state index contributed by atoms with van der Waals surface area (Å²) >= 11 is 0. The lowest BCUT2D eigenvalue weighted by Gasteiger charge is -2.10. The quantitative estimate of drug-likeness (QED) is 0.563. The lowest BCUT2D eigenvalue weighted by Crippen LogP contribution is -2.07. The van der Waals surface area contributed by atoms with Crippen LogP contribution in [0.25, 0.3) is 6.08 Å². The second-order valence-corrected chi connectivity index (χ2v) is 3.36. The van der Waals surface area contributed by atoms with Gasteiger partial charge in [0.1, 0.15) is 0 Å². The predicted molar refractivity (Wildman–Crippen MR) is 59.0 cm³/mol. The number of benzene rings is 1. The smallest absolute Gasteiger partial charge is 0.310 e. The van der Waals surface area contributed by atoms with E-state index in [1.807, 2.05) is 13.8 Å². The number of nitro benzene ring substituents is 1. The van der Waals surface area contributed by atoms with Gasteiger partial charge in [0, 0.05) is 6.07 Å². The summed E-state index contributed by atoms with van der Waals surface area (Å²) in [4.78, 5) is 10.2. The second-order valence-electron chi connectivity index (χ2n) is 3.36. The maximum Gasteiger partial charge on any atom is 0.310 e. The molecule has 0 aliphatic heterocycles. The van der Waals surface area contributed by atoms with E-state index in [0.29, 0.717) is 0 Å². The molecule has 0 saturated carbocycles. The number of ether oxygens (including phenoxy) is 1. The molecular weight excluding hydrogens is 194 g/mol. The number of rotatable bonds is 4. The minimum Gasteiger partial charge on any atom is -0.484 e. The van der Waals surface area contributed by atoms with Gasteiger partial charge in [0.2, 0.25) is 0 Å². The molecule has 0 saturated heterocycles. The van der Waals surface area contributed by atoms with E-state index in [2.05, 4.69) is 6.58 Å². The minimum atomic E-state index is -0.454. The molecule has 0 N–H and O–H groups in total. The normalized spacial score (nSPS) is 10.1. The van der Waals surface area contributed by atoms with Gasteiger partial charge in [-0.2, -0.15) is 0 Å². The van der Waals surface area contributed by atoms with E-state index in [-0.39, 0.29) is 17.5 Å². The van der Waals surface area contributed by atoms with Crippen LogP contribution in [0.1, 0.15) is 19.4 Å². The van der Waals surface area contributed by atoms with Gasteiger partial charge >= 0.3 is 5.69 Å². The van der Waals surface area contributed by atoms with Crippen LogP contribution in [0.4, 0.5) is 5.69 Å². The Labute approximate surface area is 88.3 Å². The van der Waals surface area contributed by atoms with Crippen molar-refractivity contribution in [3.05, 3.63) is 40.5 Å². The van der Waals surface area contributed by atoms with Gasteiger partial charge in [0.15, 0.2) is 5.75 Å². The van der Waals surface area contributed by atoms with Crippen molar-refractivity contribution in [2.75, 3.05) is 0 Å². The summed E-state index contributed by atoms with van der Waals surface area (Å²) in [6.07, 6.45) is 1.53. The Hall–Kier alpha value is -1.84. The molecule has 0 aliphatic rings. The zero-order valence-corrected chi connectivity index (χ0v) is 8.77. The summed E-state index contributed by atoms with van der Waals surface area (Å²) in [5.74, 6) is 0.285. The van der Waals surface area contributed by atoms with Crippen LogP contribution in [-0.2, 0) is 0 Å². The highest BCUT2D eigenvalue weighted by Gasteiger charge is 2.15. The molecule has 4 heteroatoms. The fraction of sp³-hybridized carbons (Fsp3) is 0.273. The van der Waals surface area contributed by atoms with Gasteiger partial charge < -0.3 is 4.74 Å². The SMILES string of the molecule is C=Cc1ccc([N+](=O)[O-])c(OC(C)C)c1. The van der Waals surface area contributed by atoms with Gasteiger partial charge in [0.25, 0.3) is 0 Å². The first-order valence-corrected chi connectivity index (χ1v) is 4.62. The molecule has 0 spiro atoms. The largest absolute Gasteiger partial charge is 0.484 e. The molecule has 0 fully saturated rings. The number of nitrogens with zero attached hydrogens (tertiary/aromatic N) is 1. The maximum atomic E-state index is 10.7. The van der Waals surface area contributed by atoms with E-state index in [9.17, 15) is 10.1 Å². The molecule has 0 aromatic heterocycles. The van der Waals surface area contributed by atoms with Crippen molar-refractivity contribution in [1.82, 2.24) is 0 Å². The van der Waals surface area contributed by atoms with Crippen LogP contribution in [0.15, 0.2) is 24.8 Å². The molecule has 1 aromatic rings. The summed E-state index contributed by atoms with van der Waals surface area (Å²) in [5.41, 5.74) is 0.783. The van der Waals surface area contributed by atoms with Crippen LogP contribution in [0, 0.1) is 10.1 Å².